The van der Waals surface area contributed by atoms with E-state index in [4.69, 9.17) is 19.0 Å². The van der Waals surface area contributed by atoms with Gasteiger partial charge in [0.1, 0.15) is 0 Å². The summed E-state index contributed by atoms with van der Waals surface area (Å²) < 4.78 is 19.5. The van der Waals surface area contributed by atoms with Crippen molar-refractivity contribution in [3.63, 3.8) is 0 Å². The van der Waals surface area contributed by atoms with Gasteiger partial charge >= 0.3 is 0 Å². The highest BCUT2D eigenvalue weighted by molar-refractivity contribution is 7.44. The molecule has 25 heavy (non-hydrogen) atoms. The van der Waals surface area contributed by atoms with Crippen molar-refractivity contribution in [1.29, 1.82) is 5.26 Å². The van der Waals surface area contributed by atoms with Crippen molar-refractivity contribution in [2.45, 2.75) is 72.5 Å². The van der Waals surface area contributed by atoms with E-state index in [0.717, 1.165) is 13.1 Å². The number of nitriles is 1. The molecule has 0 rings (SSSR count). The smallest absolute Gasteiger partial charge is 0.259 e. The summed E-state index contributed by atoms with van der Waals surface area (Å²) >= 11 is 0. The van der Waals surface area contributed by atoms with Crippen LogP contribution in [0.5, 0.6) is 0 Å². The molecule has 6 nitrogen and oxygen atoms in total. The Morgan fingerprint density at radius 3 is 1.92 bits per heavy atom. The number of hydrogen-bond donors (Lipinski definition) is 0. The molecule has 0 N–H and O–H groups in total. The van der Waals surface area contributed by atoms with Crippen LogP contribution in [0.1, 0.15) is 54.9 Å². The highest BCUT2D eigenvalue weighted by Crippen LogP contribution is 2.45. The molecule has 0 aromatic rings. The molecule has 0 fully saturated rings. The van der Waals surface area contributed by atoms with Gasteiger partial charge in [0.15, 0.2) is 0 Å². The first-order valence-electron chi connectivity index (χ1n) is 9.10. The predicted molar refractivity (Wildman–Crippen MR) is 104 cm³/mol. The fourth-order valence-corrected chi connectivity index (χ4v) is 4.11. The molecule has 0 aliphatic rings. The van der Waals surface area contributed by atoms with E-state index >= 15 is 0 Å². The van der Waals surface area contributed by atoms with Crippen molar-refractivity contribution in [2.75, 3.05) is 40.0 Å². The van der Waals surface area contributed by atoms with Crippen LogP contribution >= 0.6 is 8.53 Å². The zero-order chi connectivity index (χ0) is 19.5. The zero-order valence-electron chi connectivity index (χ0n) is 17.4. The summed E-state index contributed by atoms with van der Waals surface area (Å²) in [6.07, 6.45) is 0.383. The molecule has 0 radical (unpaired) electrons. The molecule has 0 bridgehead atoms. The Hall–Kier alpha value is -0.280. The molecule has 0 amide bonds. The van der Waals surface area contributed by atoms with Gasteiger partial charge in [-0.25, -0.2) is 4.67 Å². The van der Waals surface area contributed by atoms with Gasteiger partial charge < -0.3 is 13.8 Å². The van der Waals surface area contributed by atoms with E-state index in [9.17, 15) is 0 Å². The van der Waals surface area contributed by atoms with Gasteiger partial charge in [-0.15, -0.1) is 0 Å². The lowest BCUT2D eigenvalue weighted by molar-refractivity contribution is 0.0693. The maximum Gasteiger partial charge on any atom is 0.259 e. The van der Waals surface area contributed by atoms with Gasteiger partial charge in [0.25, 0.3) is 8.53 Å². The molecule has 0 aromatic heterocycles. The molecule has 7 heteroatoms. The summed E-state index contributed by atoms with van der Waals surface area (Å²) in [5, 5.41) is 8.76. The Bertz CT molecular complexity index is 373. The molecule has 0 spiro atoms. The van der Waals surface area contributed by atoms with E-state index < -0.39 is 8.53 Å². The molecule has 0 saturated heterocycles. The van der Waals surface area contributed by atoms with Gasteiger partial charge in [-0.05, 0) is 48.5 Å². The number of ether oxygens (including phenoxy) is 1. The van der Waals surface area contributed by atoms with Crippen molar-refractivity contribution in [1.82, 2.24) is 9.57 Å². The zero-order valence-corrected chi connectivity index (χ0v) is 18.3. The minimum absolute atomic E-state index is 0.0576. The Labute approximate surface area is 156 Å². The predicted octanol–water partition coefficient (Wildman–Crippen LogP) is 4.03. The topological polar surface area (TPSA) is 58.0 Å². The fraction of sp³-hybridized carbons (Fsp3) is 0.944. The number of nitrogens with zero attached hydrogens (tertiary/aromatic N) is 3. The largest absolute Gasteiger partial charge is 0.383 e. The summed E-state index contributed by atoms with van der Waals surface area (Å²) in [6, 6.07) is 2.77. The van der Waals surface area contributed by atoms with Gasteiger partial charge in [-0.2, -0.15) is 5.26 Å². The molecule has 0 aliphatic heterocycles. The van der Waals surface area contributed by atoms with E-state index in [1.807, 2.05) is 0 Å². The van der Waals surface area contributed by atoms with Crippen LogP contribution in [-0.4, -0.2) is 67.2 Å². The van der Waals surface area contributed by atoms with Crippen molar-refractivity contribution in [3.05, 3.63) is 0 Å². The average molecular weight is 375 g/mol. The fourth-order valence-electron chi connectivity index (χ4n) is 2.53. The van der Waals surface area contributed by atoms with Crippen LogP contribution in [0.4, 0.5) is 0 Å². The monoisotopic (exact) mass is 375 g/mol. The lowest BCUT2D eigenvalue weighted by atomic mass is 10.1. The normalized spacial score (nSPS) is 13.9. The van der Waals surface area contributed by atoms with Crippen molar-refractivity contribution < 1.29 is 13.8 Å². The van der Waals surface area contributed by atoms with E-state index in [2.05, 4.69) is 64.1 Å². The SMILES string of the molecule is COCCN(CCO[P@@](OCCC#N)N(C(C)C)C(C)C)C(C)(C)C. The Balaban J connectivity index is 4.79. The standard InChI is InChI=1S/C18H38N3O3P/c1-16(2)21(17(3)4)25(23-13-9-10-19)24-15-12-20(11-14-22-8)18(5,6)7/h16-17H,9,11-15H2,1-8H3/t25-/m1/s1. The Kier molecular flexibility index (Phi) is 12.8. The molecule has 0 unspecified atom stereocenters. The first kappa shape index (κ1) is 24.7. The van der Waals surface area contributed by atoms with Crippen LogP contribution < -0.4 is 0 Å². The Morgan fingerprint density at radius 1 is 0.960 bits per heavy atom. The van der Waals surface area contributed by atoms with Crippen molar-refractivity contribution in [3.8, 4) is 6.07 Å². The third kappa shape index (κ3) is 10.5. The number of methoxy groups -OCH3 is 1. The van der Waals surface area contributed by atoms with Crippen LogP contribution in [-0.2, 0) is 13.8 Å². The number of rotatable bonds is 13. The number of hydrogen-bond acceptors (Lipinski definition) is 6. The second-order valence-corrected chi connectivity index (χ2v) is 8.98. The first-order chi connectivity index (χ1) is 11.6. The first-order valence-corrected chi connectivity index (χ1v) is 10.2. The molecule has 0 saturated carbocycles. The second kappa shape index (κ2) is 13.0. The van der Waals surface area contributed by atoms with Gasteiger partial charge in [-0.3, -0.25) is 4.90 Å². The van der Waals surface area contributed by atoms with Gasteiger partial charge in [0.05, 0.1) is 32.3 Å². The molecule has 0 aromatic carbocycles. The molecular weight excluding hydrogens is 337 g/mol. The summed E-state index contributed by atoms with van der Waals surface area (Å²) in [5.74, 6) is 0. The average Bonchev–Trinajstić information content (AvgIpc) is 2.48. The Morgan fingerprint density at radius 2 is 1.48 bits per heavy atom. The highest BCUT2D eigenvalue weighted by Gasteiger charge is 2.28. The maximum atomic E-state index is 8.76. The summed E-state index contributed by atoms with van der Waals surface area (Å²) in [4.78, 5) is 2.36. The summed E-state index contributed by atoms with van der Waals surface area (Å²) in [7, 11) is 0.555. The molecule has 0 aliphatic carbocycles. The minimum Gasteiger partial charge on any atom is -0.383 e. The maximum absolute atomic E-state index is 8.76. The highest BCUT2D eigenvalue weighted by atomic mass is 31.2. The van der Waals surface area contributed by atoms with E-state index in [0.29, 0.717) is 38.3 Å². The van der Waals surface area contributed by atoms with E-state index in [1.165, 1.54) is 0 Å². The molecular formula is C18H38N3O3P. The van der Waals surface area contributed by atoms with Crippen LogP contribution in [0.2, 0.25) is 0 Å². The van der Waals surface area contributed by atoms with Gasteiger partial charge in [0, 0.05) is 37.8 Å². The quantitative estimate of drug-likeness (QED) is 0.358. The van der Waals surface area contributed by atoms with Gasteiger partial charge in [-0.1, -0.05) is 0 Å². The van der Waals surface area contributed by atoms with Crippen LogP contribution in [0, 0.1) is 11.3 Å². The van der Waals surface area contributed by atoms with Crippen molar-refractivity contribution >= 4 is 8.53 Å². The third-order valence-corrected chi connectivity index (χ3v) is 5.85. The lowest BCUT2D eigenvalue weighted by Crippen LogP contribution is -2.45. The van der Waals surface area contributed by atoms with Crippen LogP contribution in [0.25, 0.3) is 0 Å². The van der Waals surface area contributed by atoms with E-state index in [-0.39, 0.29) is 5.54 Å². The lowest BCUT2D eigenvalue weighted by Gasteiger charge is -2.38. The second-order valence-electron chi connectivity index (χ2n) is 7.53. The summed E-state index contributed by atoms with van der Waals surface area (Å²) in [6.45, 7) is 18.6. The minimum atomic E-state index is -1.17. The van der Waals surface area contributed by atoms with Crippen LogP contribution in [0.3, 0.4) is 0 Å². The van der Waals surface area contributed by atoms with Crippen molar-refractivity contribution in [2.24, 2.45) is 0 Å². The van der Waals surface area contributed by atoms with E-state index in [1.54, 1.807) is 7.11 Å². The molecule has 1 atom stereocenters. The molecule has 148 valence electrons. The third-order valence-electron chi connectivity index (χ3n) is 3.74. The summed E-state index contributed by atoms with van der Waals surface area (Å²) in [5.41, 5.74) is 0.0576. The molecule has 0 heterocycles. The van der Waals surface area contributed by atoms with Gasteiger partial charge in [0.2, 0.25) is 0 Å². The van der Waals surface area contributed by atoms with Crippen LogP contribution in [0.15, 0.2) is 0 Å².